The van der Waals surface area contributed by atoms with Gasteiger partial charge in [0.2, 0.25) is 0 Å². The van der Waals surface area contributed by atoms with Gasteiger partial charge in [-0.25, -0.2) is 14.2 Å². The monoisotopic (exact) mass is 502 g/mol. The topological polar surface area (TPSA) is 70.4 Å². The summed E-state index contributed by atoms with van der Waals surface area (Å²) in [6, 6.07) is 5.07. The van der Waals surface area contributed by atoms with Crippen LogP contribution < -0.4 is 0 Å². The predicted octanol–water partition coefficient (Wildman–Crippen LogP) is 7.14. The Labute approximate surface area is 215 Å². The predicted molar refractivity (Wildman–Crippen MR) is 140 cm³/mol. The lowest BCUT2D eigenvalue weighted by molar-refractivity contribution is -0.156. The molecule has 3 unspecified atom stereocenters. The largest absolute Gasteiger partial charge is 0.465 e. The smallest absolute Gasteiger partial charge is 0.329 e. The Kier molecular flexibility index (Phi) is 13.2. The summed E-state index contributed by atoms with van der Waals surface area (Å²) in [7, 11) is 0. The molecule has 2 rings (SSSR count). The molecule has 0 spiro atoms. The molecule has 1 aromatic carbocycles. The first-order chi connectivity index (χ1) is 17.4. The average Bonchev–Trinajstić information content (AvgIpc) is 3.37. The lowest BCUT2D eigenvalue weighted by Gasteiger charge is -2.22. The van der Waals surface area contributed by atoms with Crippen LogP contribution in [-0.4, -0.2) is 34.7 Å². The number of nitrogens with zero attached hydrogens (tertiary/aromatic N) is 2. The highest BCUT2D eigenvalue weighted by Crippen LogP contribution is 2.26. The second-order valence-corrected chi connectivity index (χ2v) is 9.53. The van der Waals surface area contributed by atoms with Crippen molar-refractivity contribution in [3.63, 3.8) is 0 Å². The molecular formula is C29H43FN2O4. The molecule has 6 nitrogen and oxygen atoms in total. The first kappa shape index (κ1) is 29.5. The number of hydrogen-bond acceptors (Lipinski definition) is 5. The summed E-state index contributed by atoms with van der Waals surface area (Å²) in [5.41, 5.74) is 0.520. The van der Waals surface area contributed by atoms with Gasteiger partial charge in [-0.05, 0) is 36.8 Å². The van der Waals surface area contributed by atoms with E-state index in [0.29, 0.717) is 30.5 Å². The molecule has 3 atom stereocenters. The number of benzene rings is 1. The van der Waals surface area contributed by atoms with Crippen molar-refractivity contribution in [3.8, 4) is 11.4 Å². The van der Waals surface area contributed by atoms with Crippen LogP contribution in [0.5, 0.6) is 0 Å². The maximum atomic E-state index is 13.9. The summed E-state index contributed by atoms with van der Waals surface area (Å²) in [4.78, 5) is 30.5. The third-order valence-electron chi connectivity index (χ3n) is 6.75. The van der Waals surface area contributed by atoms with E-state index in [1.165, 1.54) is 12.1 Å². The van der Waals surface area contributed by atoms with Crippen molar-refractivity contribution in [2.45, 2.75) is 91.5 Å². The van der Waals surface area contributed by atoms with Gasteiger partial charge < -0.3 is 14.0 Å². The first-order valence-corrected chi connectivity index (χ1v) is 13.5. The normalized spacial score (nSPS) is 13.7. The van der Waals surface area contributed by atoms with Crippen LogP contribution in [0.1, 0.15) is 91.5 Å². The minimum absolute atomic E-state index is 0.173. The maximum Gasteiger partial charge on any atom is 0.329 e. The Morgan fingerprint density at radius 3 is 2.19 bits per heavy atom. The van der Waals surface area contributed by atoms with Gasteiger partial charge in [0.25, 0.3) is 0 Å². The molecule has 1 aromatic heterocycles. The summed E-state index contributed by atoms with van der Waals surface area (Å²) < 4.78 is 26.8. The van der Waals surface area contributed by atoms with Crippen LogP contribution in [0.3, 0.4) is 0 Å². The van der Waals surface area contributed by atoms with Gasteiger partial charge in [-0.2, -0.15) is 0 Å². The minimum Gasteiger partial charge on any atom is -0.465 e. The molecule has 0 fully saturated rings. The number of hydrogen-bond donors (Lipinski definition) is 0. The second-order valence-electron chi connectivity index (χ2n) is 9.53. The Bertz CT molecular complexity index is 930. The van der Waals surface area contributed by atoms with Crippen LogP contribution in [0.2, 0.25) is 0 Å². The van der Waals surface area contributed by atoms with Gasteiger partial charge in [-0.1, -0.05) is 78.4 Å². The lowest BCUT2D eigenvalue weighted by Crippen LogP contribution is -2.28. The zero-order valence-corrected chi connectivity index (χ0v) is 22.4. The average molecular weight is 503 g/mol. The van der Waals surface area contributed by atoms with Gasteiger partial charge >= 0.3 is 11.9 Å². The number of ether oxygens (including phenoxy) is 2. The number of halogens is 1. The van der Waals surface area contributed by atoms with E-state index in [4.69, 9.17) is 9.47 Å². The van der Waals surface area contributed by atoms with Crippen LogP contribution in [0.25, 0.3) is 11.4 Å². The number of rotatable bonds is 17. The van der Waals surface area contributed by atoms with Crippen molar-refractivity contribution in [1.29, 1.82) is 0 Å². The SMILES string of the molecule is CCCCC(CC)COC(=O)CC(C(=O)OCC(CC)CCCC)n1ccnc1-c1cccc(F)c1. The number of carbonyl (C=O) groups excluding carboxylic acids is 2. The van der Waals surface area contributed by atoms with Crippen molar-refractivity contribution in [1.82, 2.24) is 9.55 Å². The van der Waals surface area contributed by atoms with E-state index in [0.717, 1.165) is 51.4 Å². The zero-order valence-electron chi connectivity index (χ0n) is 22.4. The summed E-state index contributed by atoms with van der Waals surface area (Å²) in [5, 5.41) is 0. The van der Waals surface area contributed by atoms with Crippen LogP contribution in [0.4, 0.5) is 4.39 Å². The minimum atomic E-state index is -0.947. The van der Waals surface area contributed by atoms with Gasteiger partial charge in [-0.15, -0.1) is 0 Å². The highest BCUT2D eigenvalue weighted by atomic mass is 19.1. The molecule has 7 heteroatoms. The Morgan fingerprint density at radius 2 is 1.61 bits per heavy atom. The highest BCUT2D eigenvalue weighted by Gasteiger charge is 2.29. The molecule has 2 aromatic rings. The van der Waals surface area contributed by atoms with Gasteiger partial charge in [0, 0.05) is 18.0 Å². The Balaban J connectivity index is 2.20. The number of unbranched alkanes of at least 4 members (excludes halogenated alkanes) is 2. The van der Waals surface area contributed by atoms with Crippen LogP contribution in [0.15, 0.2) is 36.7 Å². The summed E-state index contributed by atoms with van der Waals surface area (Å²) in [6.07, 6.45) is 11.2. The van der Waals surface area contributed by atoms with E-state index in [2.05, 4.69) is 32.7 Å². The molecule has 0 radical (unpaired) electrons. The quantitative estimate of drug-likeness (QED) is 0.215. The van der Waals surface area contributed by atoms with Gasteiger partial charge in [0.1, 0.15) is 17.7 Å². The molecule has 0 saturated carbocycles. The Hall–Kier alpha value is -2.70. The third kappa shape index (κ3) is 9.40. The molecule has 0 bridgehead atoms. The van der Waals surface area contributed by atoms with Crippen molar-refractivity contribution in [3.05, 3.63) is 42.5 Å². The van der Waals surface area contributed by atoms with E-state index in [9.17, 15) is 14.0 Å². The maximum absolute atomic E-state index is 13.9. The van der Waals surface area contributed by atoms with Crippen molar-refractivity contribution >= 4 is 11.9 Å². The van der Waals surface area contributed by atoms with E-state index in [1.54, 1.807) is 29.1 Å². The van der Waals surface area contributed by atoms with Crippen LogP contribution >= 0.6 is 0 Å². The zero-order chi connectivity index (χ0) is 26.3. The van der Waals surface area contributed by atoms with Gasteiger partial charge in [-0.3, -0.25) is 4.79 Å². The molecule has 0 aliphatic carbocycles. The summed E-state index contributed by atoms with van der Waals surface area (Å²) >= 11 is 0. The fraction of sp³-hybridized carbons (Fsp3) is 0.621. The van der Waals surface area contributed by atoms with Gasteiger partial charge in [0.15, 0.2) is 0 Å². The molecule has 1 heterocycles. The number of esters is 2. The van der Waals surface area contributed by atoms with E-state index in [1.807, 2.05) is 0 Å². The van der Waals surface area contributed by atoms with Crippen molar-refractivity contribution in [2.75, 3.05) is 13.2 Å². The molecule has 0 saturated heterocycles. The standard InChI is InChI=1S/C29H43FN2O4/c1-5-9-12-22(7-3)20-35-27(33)19-26(29(34)36-21-23(8-4)13-10-6-2)32-17-16-31-28(32)24-14-11-15-25(30)18-24/h11,14-18,22-23,26H,5-10,12-13,19-21H2,1-4H3. The second kappa shape index (κ2) is 16.1. The molecule has 36 heavy (non-hydrogen) atoms. The fourth-order valence-corrected chi connectivity index (χ4v) is 4.23. The third-order valence-corrected chi connectivity index (χ3v) is 6.75. The fourth-order valence-electron chi connectivity index (χ4n) is 4.23. The Morgan fingerprint density at radius 1 is 0.972 bits per heavy atom. The molecule has 0 aliphatic heterocycles. The highest BCUT2D eigenvalue weighted by molar-refractivity contribution is 5.82. The van der Waals surface area contributed by atoms with E-state index in [-0.39, 0.29) is 12.3 Å². The van der Waals surface area contributed by atoms with Crippen molar-refractivity contribution < 1.29 is 23.5 Å². The molecule has 0 amide bonds. The van der Waals surface area contributed by atoms with Crippen LogP contribution in [0, 0.1) is 17.7 Å². The van der Waals surface area contributed by atoms with Crippen molar-refractivity contribution in [2.24, 2.45) is 11.8 Å². The van der Waals surface area contributed by atoms with Crippen LogP contribution in [-0.2, 0) is 19.1 Å². The molecule has 0 N–H and O–H groups in total. The molecular weight excluding hydrogens is 459 g/mol. The lowest BCUT2D eigenvalue weighted by atomic mass is 10.0. The number of imidazole rings is 1. The number of carbonyl (C=O) groups is 2. The summed E-state index contributed by atoms with van der Waals surface area (Å²) in [5.74, 6) is -0.383. The summed E-state index contributed by atoms with van der Waals surface area (Å²) in [6.45, 7) is 9.10. The van der Waals surface area contributed by atoms with E-state index >= 15 is 0 Å². The number of aromatic nitrogens is 2. The molecule has 0 aliphatic rings. The van der Waals surface area contributed by atoms with E-state index < -0.39 is 23.8 Å². The first-order valence-electron chi connectivity index (χ1n) is 13.5. The molecule has 200 valence electrons. The van der Waals surface area contributed by atoms with Gasteiger partial charge in [0.05, 0.1) is 19.6 Å².